The minimum atomic E-state index is -0.935. The van der Waals surface area contributed by atoms with E-state index in [1.807, 2.05) is 24.3 Å². The molecule has 0 unspecified atom stereocenters. The van der Waals surface area contributed by atoms with Gasteiger partial charge in [0.05, 0.1) is 29.3 Å². The van der Waals surface area contributed by atoms with Crippen LogP contribution in [0, 0.1) is 5.41 Å². The van der Waals surface area contributed by atoms with Crippen LogP contribution in [-0.2, 0) is 12.0 Å². The summed E-state index contributed by atoms with van der Waals surface area (Å²) in [5.41, 5.74) is 7.27. The Hall–Kier alpha value is -3.59. The number of amidine groups is 1. The van der Waals surface area contributed by atoms with E-state index in [0.717, 1.165) is 29.5 Å². The van der Waals surface area contributed by atoms with Crippen molar-refractivity contribution in [2.24, 2.45) is 0 Å². The topological polar surface area (TPSA) is 143 Å². The number of rotatable bonds is 6. The number of nitrogens with one attached hydrogen (secondary N) is 2. The highest BCUT2D eigenvalue weighted by molar-refractivity contribution is 6.09. The second-order valence-electron chi connectivity index (χ2n) is 8.56. The molecular weight excluding hydrogens is 394 g/mol. The van der Waals surface area contributed by atoms with Gasteiger partial charge in [0.1, 0.15) is 5.84 Å². The number of nitrogens with two attached hydrogens (primary N) is 1. The van der Waals surface area contributed by atoms with Crippen molar-refractivity contribution in [3.63, 3.8) is 0 Å². The van der Waals surface area contributed by atoms with Crippen molar-refractivity contribution in [2.45, 2.75) is 44.2 Å². The van der Waals surface area contributed by atoms with Crippen molar-refractivity contribution in [3.05, 3.63) is 60.2 Å². The van der Waals surface area contributed by atoms with Crippen LogP contribution in [0.3, 0.4) is 0 Å². The lowest BCUT2D eigenvalue weighted by Crippen LogP contribution is -2.38. The summed E-state index contributed by atoms with van der Waals surface area (Å²) in [7, 11) is 0. The molecule has 1 fully saturated rings. The molecule has 4 rings (SSSR count). The van der Waals surface area contributed by atoms with Crippen LogP contribution in [-0.4, -0.2) is 42.2 Å². The summed E-state index contributed by atoms with van der Waals surface area (Å²) in [4.78, 5) is 20.6. The Labute approximate surface area is 179 Å². The largest absolute Gasteiger partial charge is 0.389 e. The summed E-state index contributed by atoms with van der Waals surface area (Å²) in [5.74, 6) is 0.0253. The van der Waals surface area contributed by atoms with Gasteiger partial charge in [-0.1, -0.05) is 24.3 Å². The van der Waals surface area contributed by atoms with E-state index in [0.29, 0.717) is 5.56 Å². The predicted octanol–water partition coefficient (Wildman–Crippen LogP) is 2.13. The highest BCUT2D eigenvalue weighted by Crippen LogP contribution is 2.48. The third-order valence-corrected chi connectivity index (χ3v) is 5.35. The fraction of sp³-hybridized carbons (Fsp3) is 0.318. The van der Waals surface area contributed by atoms with E-state index < -0.39 is 11.0 Å². The number of aliphatic hydroxyl groups is 1. The summed E-state index contributed by atoms with van der Waals surface area (Å²) in [5, 5.41) is 25.3. The molecule has 0 bridgehead atoms. The molecule has 3 aromatic rings. The zero-order valence-electron chi connectivity index (χ0n) is 17.5. The number of hydrogen-bond donors (Lipinski definition) is 4. The van der Waals surface area contributed by atoms with Crippen molar-refractivity contribution in [3.8, 4) is 11.1 Å². The summed E-state index contributed by atoms with van der Waals surface area (Å²) in [6, 6.07) is 7.86. The van der Waals surface area contributed by atoms with E-state index in [2.05, 4.69) is 20.4 Å². The van der Waals surface area contributed by atoms with Crippen molar-refractivity contribution < 1.29 is 9.90 Å². The van der Waals surface area contributed by atoms with Gasteiger partial charge in [-0.3, -0.25) is 14.9 Å². The Bertz CT molecular complexity index is 1110. The first kappa shape index (κ1) is 20.7. The number of benzene rings is 1. The monoisotopic (exact) mass is 419 g/mol. The van der Waals surface area contributed by atoms with Gasteiger partial charge in [0.15, 0.2) is 0 Å². The maximum Gasteiger partial charge on any atom is 0.259 e. The zero-order chi connectivity index (χ0) is 22.2. The van der Waals surface area contributed by atoms with Gasteiger partial charge < -0.3 is 16.2 Å². The number of anilines is 1. The molecule has 9 heteroatoms. The van der Waals surface area contributed by atoms with E-state index in [4.69, 9.17) is 11.1 Å². The maximum atomic E-state index is 12.6. The molecule has 1 aliphatic carbocycles. The van der Waals surface area contributed by atoms with Crippen molar-refractivity contribution in [1.29, 1.82) is 5.41 Å². The molecule has 2 heterocycles. The van der Waals surface area contributed by atoms with Gasteiger partial charge in [0, 0.05) is 24.2 Å². The number of carbonyl (C=O) groups excluding carboxylic acids is 1. The van der Waals surface area contributed by atoms with Crippen molar-refractivity contribution in [2.75, 3.05) is 5.73 Å². The molecule has 31 heavy (non-hydrogen) atoms. The SMILES string of the molecule is CC(C)(O)Cn1cc(C(=O)NC(=N)C2(c3ccc(-c4cnc(N)nc4)cc3)CC2)cn1. The number of nitrogen functional groups attached to an aromatic ring is 1. The van der Waals surface area contributed by atoms with Gasteiger partial charge in [-0.25, -0.2) is 9.97 Å². The second-order valence-corrected chi connectivity index (χ2v) is 8.56. The number of carbonyl (C=O) groups is 1. The van der Waals surface area contributed by atoms with E-state index in [1.165, 1.54) is 10.9 Å². The lowest BCUT2D eigenvalue weighted by molar-refractivity contribution is 0.0576. The average Bonchev–Trinajstić information content (AvgIpc) is 3.41. The van der Waals surface area contributed by atoms with Crippen LogP contribution < -0.4 is 11.1 Å². The van der Waals surface area contributed by atoms with Gasteiger partial charge in [-0.15, -0.1) is 0 Å². The molecule has 0 saturated heterocycles. The average molecular weight is 419 g/mol. The first-order valence-electron chi connectivity index (χ1n) is 10.00. The Morgan fingerprint density at radius 3 is 2.42 bits per heavy atom. The Morgan fingerprint density at radius 2 is 1.84 bits per heavy atom. The molecular formula is C22H25N7O2. The number of aromatic nitrogens is 4. The van der Waals surface area contributed by atoms with Gasteiger partial charge >= 0.3 is 0 Å². The van der Waals surface area contributed by atoms with E-state index in [9.17, 15) is 9.90 Å². The highest BCUT2D eigenvalue weighted by Gasteiger charge is 2.49. The van der Waals surface area contributed by atoms with Gasteiger partial charge in [0.2, 0.25) is 5.95 Å². The molecule has 160 valence electrons. The zero-order valence-corrected chi connectivity index (χ0v) is 17.5. The van der Waals surface area contributed by atoms with Crippen LogP contribution in [0.5, 0.6) is 0 Å². The van der Waals surface area contributed by atoms with Crippen LogP contribution in [0.1, 0.15) is 42.6 Å². The quantitative estimate of drug-likeness (QED) is 0.356. The molecule has 1 aliphatic rings. The molecule has 1 aromatic carbocycles. The summed E-state index contributed by atoms with van der Waals surface area (Å²) in [6.07, 6.45) is 7.96. The molecule has 0 aliphatic heterocycles. The Morgan fingerprint density at radius 1 is 1.19 bits per heavy atom. The van der Waals surface area contributed by atoms with Crippen LogP contribution in [0.25, 0.3) is 11.1 Å². The van der Waals surface area contributed by atoms with Gasteiger partial charge in [-0.05, 0) is 37.8 Å². The molecule has 0 atom stereocenters. The molecule has 2 aromatic heterocycles. The molecule has 5 N–H and O–H groups in total. The smallest absolute Gasteiger partial charge is 0.259 e. The second kappa shape index (κ2) is 7.59. The third kappa shape index (κ3) is 4.46. The summed E-state index contributed by atoms with van der Waals surface area (Å²) < 4.78 is 1.52. The minimum absolute atomic E-state index is 0.177. The summed E-state index contributed by atoms with van der Waals surface area (Å²) in [6.45, 7) is 3.62. The fourth-order valence-electron chi connectivity index (χ4n) is 3.55. The maximum absolute atomic E-state index is 12.6. The molecule has 0 spiro atoms. The normalized spacial score (nSPS) is 14.8. The van der Waals surface area contributed by atoms with Gasteiger partial charge in [-0.2, -0.15) is 5.10 Å². The van der Waals surface area contributed by atoms with E-state index in [1.54, 1.807) is 32.4 Å². The molecule has 1 amide bonds. The number of hydrogen-bond acceptors (Lipinski definition) is 7. The standard InChI is InChI=1S/C22H25N7O2/c1-21(2,31)13-29-12-16(11-27-29)18(30)28-19(23)22(7-8-22)17-5-3-14(4-6-17)15-9-25-20(24)26-10-15/h3-6,9-12,31H,7-8,13H2,1-2H3,(H2,23,28,30)(H2,24,25,26). The predicted molar refractivity (Wildman–Crippen MR) is 117 cm³/mol. The van der Waals surface area contributed by atoms with Crippen LogP contribution in [0.2, 0.25) is 0 Å². The van der Waals surface area contributed by atoms with Gasteiger partial charge in [0.25, 0.3) is 5.91 Å². The van der Waals surface area contributed by atoms with Crippen molar-refractivity contribution >= 4 is 17.7 Å². The fourth-order valence-corrected chi connectivity index (χ4v) is 3.55. The van der Waals surface area contributed by atoms with Crippen molar-refractivity contribution in [1.82, 2.24) is 25.1 Å². The first-order chi connectivity index (χ1) is 14.7. The Balaban J connectivity index is 1.45. The lowest BCUT2D eigenvalue weighted by atomic mass is 9.92. The summed E-state index contributed by atoms with van der Waals surface area (Å²) >= 11 is 0. The minimum Gasteiger partial charge on any atom is -0.389 e. The Kier molecular flexibility index (Phi) is 5.06. The lowest BCUT2D eigenvalue weighted by Gasteiger charge is -2.18. The van der Waals surface area contributed by atoms with Crippen LogP contribution >= 0.6 is 0 Å². The molecule has 0 radical (unpaired) electrons. The molecule has 9 nitrogen and oxygen atoms in total. The van der Waals surface area contributed by atoms with Crippen LogP contribution in [0.15, 0.2) is 49.1 Å². The van der Waals surface area contributed by atoms with E-state index in [-0.39, 0.29) is 24.2 Å². The number of amides is 1. The third-order valence-electron chi connectivity index (χ3n) is 5.35. The number of nitrogens with zero attached hydrogens (tertiary/aromatic N) is 4. The van der Waals surface area contributed by atoms with E-state index >= 15 is 0 Å². The molecule has 1 saturated carbocycles. The van der Waals surface area contributed by atoms with Crippen LogP contribution in [0.4, 0.5) is 5.95 Å². The highest BCUT2D eigenvalue weighted by atomic mass is 16.3. The first-order valence-corrected chi connectivity index (χ1v) is 10.00.